The van der Waals surface area contributed by atoms with E-state index in [0.717, 1.165) is 6.42 Å². The van der Waals surface area contributed by atoms with Crippen molar-refractivity contribution in [3.8, 4) is 0 Å². The van der Waals surface area contributed by atoms with Gasteiger partial charge in [-0.05, 0) is 36.8 Å². The van der Waals surface area contributed by atoms with E-state index in [9.17, 15) is 13.6 Å². The van der Waals surface area contributed by atoms with Crippen LogP contribution in [0.25, 0.3) is 5.57 Å². The van der Waals surface area contributed by atoms with E-state index in [1.807, 2.05) is 11.8 Å². The number of anilines is 3. The highest BCUT2D eigenvalue weighted by molar-refractivity contribution is 6.31. The predicted octanol–water partition coefficient (Wildman–Crippen LogP) is 4.23. The molecule has 0 spiro atoms. The Balaban J connectivity index is 1.80. The summed E-state index contributed by atoms with van der Waals surface area (Å²) in [6.07, 6.45) is 2.28. The molecule has 0 saturated heterocycles. The van der Waals surface area contributed by atoms with Gasteiger partial charge in [0.1, 0.15) is 11.6 Å². The molecule has 1 heterocycles. The molecule has 0 radical (unpaired) electrons. The average molecular weight is 387 g/mol. The SMILES string of the molecule is CCCN(CCOC)c1ccc(N/C=C2/C(=O)Nc3cccc(F)c32)cc1F. The molecule has 3 rings (SSSR count). The Kier molecular flexibility index (Phi) is 6.26. The summed E-state index contributed by atoms with van der Waals surface area (Å²) in [7, 11) is 1.61. The highest BCUT2D eigenvalue weighted by atomic mass is 19.1. The molecule has 5 nitrogen and oxygen atoms in total. The van der Waals surface area contributed by atoms with Gasteiger partial charge >= 0.3 is 0 Å². The lowest BCUT2D eigenvalue weighted by Crippen LogP contribution is -2.28. The fraction of sp³-hybridized carbons (Fsp3) is 0.286. The molecule has 2 N–H and O–H groups in total. The lowest BCUT2D eigenvalue weighted by Gasteiger charge is -2.24. The molecule has 0 aliphatic carbocycles. The molecule has 2 aromatic carbocycles. The Morgan fingerprint density at radius 3 is 2.71 bits per heavy atom. The number of amides is 1. The molecule has 0 fully saturated rings. The van der Waals surface area contributed by atoms with E-state index in [-0.39, 0.29) is 17.0 Å². The molecule has 1 aliphatic heterocycles. The molecule has 0 unspecified atom stereocenters. The van der Waals surface area contributed by atoms with Crippen molar-refractivity contribution >= 4 is 28.5 Å². The van der Waals surface area contributed by atoms with Crippen molar-refractivity contribution in [3.05, 3.63) is 59.8 Å². The monoisotopic (exact) mass is 387 g/mol. The number of nitrogens with zero attached hydrogens (tertiary/aromatic N) is 1. The fourth-order valence-electron chi connectivity index (χ4n) is 3.18. The second-order valence-corrected chi connectivity index (χ2v) is 6.46. The van der Waals surface area contributed by atoms with E-state index >= 15 is 0 Å². The Morgan fingerprint density at radius 2 is 2.00 bits per heavy atom. The molecule has 148 valence electrons. The molecular weight excluding hydrogens is 364 g/mol. The zero-order valence-corrected chi connectivity index (χ0v) is 15.9. The Bertz CT molecular complexity index is 899. The van der Waals surface area contributed by atoms with Gasteiger partial charge in [-0.15, -0.1) is 0 Å². The van der Waals surface area contributed by atoms with Crippen LogP contribution in [-0.4, -0.2) is 32.7 Å². The van der Waals surface area contributed by atoms with Crippen molar-refractivity contribution in [2.24, 2.45) is 0 Å². The van der Waals surface area contributed by atoms with Crippen LogP contribution in [0.4, 0.5) is 25.8 Å². The number of halogens is 2. The largest absolute Gasteiger partial charge is 0.383 e. The van der Waals surface area contributed by atoms with Crippen LogP contribution in [0, 0.1) is 11.6 Å². The lowest BCUT2D eigenvalue weighted by atomic mass is 10.1. The van der Waals surface area contributed by atoms with Crippen LogP contribution in [-0.2, 0) is 9.53 Å². The molecule has 0 atom stereocenters. The molecule has 1 aliphatic rings. The van der Waals surface area contributed by atoms with Gasteiger partial charge in [-0.25, -0.2) is 8.78 Å². The van der Waals surface area contributed by atoms with Crippen molar-refractivity contribution in [1.82, 2.24) is 0 Å². The van der Waals surface area contributed by atoms with E-state index < -0.39 is 11.7 Å². The molecule has 28 heavy (non-hydrogen) atoms. The number of carbonyl (C=O) groups is 1. The van der Waals surface area contributed by atoms with Crippen LogP contribution in [0.5, 0.6) is 0 Å². The van der Waals surface area contributed by atoms with Crippen LogP contribution in [0.15, 0.2) is 42.6 Å². The van der Waals surface area contributed by atoms with Gasteiger partial charge in [-0.1, -0.05) is 13.0 Å². The van der Waals surface area contributed by atoms with Gasteiger partial charge in [0.2, 0.25) is 0 Å². The molecule has 0 saturated carbocycles. The molecular formula is C21H23F2N3O2. The first-order valence-electron chi connectivity index (χ1n) is 9.15. The summed E-state index contributed by atoms with van der Waals surface area (Å²) in [5, 5.41) is 5.51. The van der Waals surface area contributed by atoms with Crippen molar-refractivity contribution in [2.75, 3.05) is 42.3 Å². The summed E-state index contributed by atoms with van der Waals surface area (Å²) in [4.78, 5) is 14.0. The van der Waals surface area contributed by atoms with Gasteiger partial charge in [0.05, 0.1) is 23.6 Å². The smallest absolute Gasteiger partial charge is 0.257 e. The highest BCUT2D eigenvalue weighted by Gasteiger charge is 2.27. The average Bonchev–Trinajstić information content (AvgIpc) is 3.00. The summed E-state index contributed by atoms with van der Waals surface area (Å²) < 4.78 is 33.8. The minimum Gasteiger partial charge on any atom is -0.383 e. The third kappa shape index (κ3) is 4.14. The highest BCUT2D eigenvalue weighted by Crippen LogP contribution is 2.33. The normalized spacial score (nSPS) is 14.1. The van der Waals surface area contributed by atoms with Crippen molar-refractivity contribution < 1.29 is 18.3 Å². The van der Waals surface area contributed by atoms with Crippen LogP contribution >= 0.6 is 0 Å². The van der Waals surface area contributed by atoms with E-state index in [2.05, 4.69) is 10.6 Å². The second kappa shape index (κ2) is 8.84. The van der Waals surface area contributed by atoms with Gasteiger partial charge in [0.15, 0.2) is 0 Å². The maximum Gasteiger partial charge on any atom is 0.257 e. The number of hydrogen-bond donors (Lipinski definition) is 2. The van der Waals surface area contributed by atoms with Crippen LogP contribution in [0.3, 0.4) is 0 Å². The second-order valence-electron chi connectivity index (χ2n) is 6.46. The third-order valence-electron chi connectivity index (χ3n) is 4.51. The maximum atomic E-state index is 14.6. The van der Waals surface area contributed by atoms with Crippen LogP contribution in [0.2, 0.25) is 0 Å². The topological polar surface area (TPSA) is 53.6 Å². The number of nitrogens with one attached hydrogen (secondary N) is 2. The minimum atomic E-state index is -0.487. The van der Waals surface area contributed by atoms with Gasteiger partial charge in [-0.2, -0.15) is 0 Å². The molecule has 0 aromatic heterocycles. The fourth-order valence-corrected chi connectivity index (χ4v) is 3.18. The lowest BCUT2D eigenvalue weighted by molar-refractivity contribution is -0.110. The first-order chi connectivity index (χ1) is 13.5. The number of methoxy groups -OCH3 is 1. The Morgan fingerprint density at radius 1 is 1.18 bits per heavy atom. The molecule has 0 bridgehead atoms. The van der Waals surface area contributed by atoms with Gasteiger partial charge < -0.3 is 20.3 Å². The molecule has 1 amide bonds. The zero-order valence-electron chi connectivity index (χ0n) is 15.9. The van der Waals surface area contributed by atoms with Gasteiger partial charge in [0, 0.05) is 37.7 Å². The van der Waals surface area contributed by atoms with E-state index in [0.29, 0.717) is 36.8 Å². The predicted molar refractivity (Wildman–Crippen MR) is 107 cm³/mol. The Labute approximate surface area is 163 Å². The summed E-state index contributed by atoms with van der Waals surface area (Å²) >= 11 is 0. The van der Waals surface area contributed by atoms with Crippen molar-refractivity contribution in [3.63, 3.8) is 0 Å². The van der Waals surface area contributed by atoms with E-state index in [1.165, 1.54) is 24.4 Å². The van der Waals surface area contributed by atoms with Crippen LogP contribution in [0.1, 0.15) is 18.9 Å². The summed E-state index contributed by atoms with van der Waals surface area (Å²) in [6.45, 7) is 3.84. The van der Waals surface area contributed by atoms with E-state index in [4.69, 9.17) is 4.74 Å². The standard InChI is InChI=1S/C21H23F2N3O2/c1-3-9-26(10-11-28-2)19-8-7-14(12-17(19)23)24-13-15-20-16(22)5-4-6-18(20)25-21(15)27/h4-8,12-13,24H,3,9-11H2,1-2H3,(H,25,27)/b15-13+. The number of fused-ring (bicyclic) bond motifs is 1. The van der Waals surface area contributed by atoms with Gasteiger partial charge in [-0.3, -0.25) is 4.79 Å². The maximum absolute atomic E-state index is 14.6. The number of ether oxygens (including phenoxy) is 1. The number of rotatable bonds is 8. The first kappa shape index (κ1) is 19.8. The number of carbonyl (C=O) groups excluding carboxylic acids is 1. The summed E-state index contributed by atoms with van der Waals surface area (Å²) in [5.41, 5.74) is 1.77. The van der Waals surface area contributed by atoms with Gasteiger partial charge in [0.25, 0.3) is 5.91 Å². The molecule has 7 heteroatoms. The van der Waals surface area contributed by atoms with Crippen molar-refractivity contribution in [2.45, 2.75) is 13.3 Å². The van der Waals surface area contributed by atoms with E-state index in [1.54, 1.807) is 25.3 Å². The summed E-state index contributed by atoms with van der Waals surface area (Å²) in [6, 6.07) is 9.23. The summed E-state index contributed by atoms with van der Waals surface area (Å²) in [5.74, 6) is -1.27. The number of hydrogen-bond acceptors (Lipinski definition) is 4. The minimum absolute atomic E-state index is 0.172. The molecule has 2 aromatic rings. The quantitative estimate of drug-likeness (QED) is 0.666. The van der Waals surface area contributed by atoms with Crippen molar-refractivity contribution in [1.29, 1.82) is 0 Å². The third-order valence-corrected chi connectivity index (χ3v) is 4.51. The zero-order chi connectivity index (χ0) is 20.1. The first-order valence-corrected chi connectivity index (χ1v) is 9.15. The van der Waals surface area contributed by atoms with Crippen LogP contribution < -0.4 is 15.5 Å². The Hall–Kier alpha value is -2.93. The number of benzene rings is 2.